The molecule has 1 heterocycles. The normalized spacial score (nSPS) is 16.3. The van der Waals surface area contributed by atoms with E-state index in [2.05, 4.69) is 15.1 Å². The molecule has 1 fully saturated rings. The minimum Gasteiger partial charge on any atom is -0.459 e. The molecule has 0 unspecified atom stereocenters. The van der Waals surface area contributed by atoms with Gasteiger partial charge >= 0.3 is 5.97 Å². The Kier molecular flexibility index (Phi) is 6.78. The van der Waals surface area contributed by atoms with Crippen LogP contribution in [0.25, 0.3) is 0 Å². The Hall–Kier alpha value is -1.92. The molecule has 0 saturated carbocycles. The number of ether oxygens (including phenoxy) is 1. The van der Waals surface area contributed by atoms with Crippen LogP contribution < -0.4 is 5.32 Å². The molecule has 6 nitrogen and oxygen atoms in total. The summed E-state index contributed by atoms with van der Waals surface area (Å²) in [5.74, 6) is -0.193. The number of carbonyl (C=O) groups is 2. The van der Waals surface area contributed by atoms with E-state index >= 15 is 0 Å². The van der Waals surface area contributed by atoms with Gasteiger partial charge in [0.2, 0.25) is 5.91 Å². The van der Waals surface area contributed by atoms with Crippen molar-refractivity contribution in [1.82, 2.24) is 9.80 Å². The molecule has 1 aromatic rings. The average molecular weight is 361 g/mol. The first-order valence-electron chi connectivity index (χ1n) is 9.16. The number of piperazine rings is 1. The van der Waals surface area contributed by atoms with Crippen LogP contribution in [0.4, 0.5) is 5.69 Å². The third kappa shape index (κ3) is 6.42. The lowest BCUT2D eigenvalue weighted by Crippen LogP contribution is -2.50. The van der Waals surface area contributed by atoms with Crippen molar-refractivity contribution >= 4 is 17.6 Å². The Morgan fingerprint density at radius 3 is 2.00 bits per heavy atom. The first kappa shape index (κ1) is 20.4. The standard InChI is InChI=1S/C20H31N3O3/c1-15-7-6-8-16(2)19(15)21-17(24)13-22-9-11-23(12-10-22)14-18(25)26-20(3,4)5/h6-8H,9-14H2,1-5H3,(H,21,24). The van der Waals surface area contributed by atoms with Gasteiger partial charge in [0.25, 0.3) is 0 Å². The van der Waals surface area contributed by atoms with Gasteiger partial charge in [-0.05, 0) is 45.7 Å². The van der Waals surface area contributed by atoms with Crippen LogP contribution in [0.5, 0.6) is 0 Å². The van der Waals surface area contributed by atoms with Crippen LogP contribution in [-0.2, 0) is 14.3 Å². The van der Waals surface area contributed by atoms with Crippen molar-refractivity contribution in [3.05, 3.63) is 29.3 Å². The number of nitrogens with zero attached hydrogens (tertiary/aromatic N) is 2. The number of esters is 1. The highest BCUT2D eigenvalue weighted by Crippen LogP contribution is 2.19. The van der Waals surface area contributed by atoms with Gasteiger partial charge in [0.05, 0.1) is 13.1 Å². The first-order chi connectivity index (χ1) is 12.1. The predicted octanol–water partition coefficient (Wildman–Crippen LogP) is 2.20. The molecule has 0 atom stereocenters. The Balaban J connectivity index is 1.76. The molecular formula is C20H31N3O3. The van der Waals surface area contributed by atoms with Gasteiger partial charge in [0, 0.05) is 31.9 Å². The molecule has 1 aliphatic heterocycles. The summed E-state index contributed by atoms with van der Waals surface area (Å²) >= 11 is 0. The topological polar surface area (TPSA) is 61.9 Å². The Morgan fingerprint density at radius 2 is 1.50 bits per heavy atom. The molecule has 0 spiro atoms. The fourth-order valence-corrected chi connectivity index (χ4v) is 3.06. The second-order valence-corrected chi connectivity index (χ2v) is 7.95. The first-order valence-corrected chi connectivity index (χ1v) is 9.16. The second-order valence-electron chi connectivity index (χ2n) is 7.95. The SMILES string of the molecule is Cc1cccc(C)c1NC(=O)CN1CCN(CC(=O)OC(C)(C)C)CC1. The van der Waals surface area contributed by atoms with Crippen molar-refractivity contribution in [3.63, 3.8) is 0 Å². The van der Waals surface area contributed by atoms with Crippen molar-refractivity contribution < 1.29 is 14.3 Å². The fraction of sp³-hybridized carbons (Fsp3) is 0.600. The lowest BCUT2D eigenvalue weighted by molar-refractivity contribution is -0.156. The molecule has 1 N–H and O–H groups in total. The number of aryl methyl sites for hydroxylation is 2. The van der Waals surface area contributed by atoms with Crippen LogP contribution in [-0.4, -0.2) is 66.5 Å². The van der Waals surface area contributed by atoms with E-state index in [1.165, 1.54) is 0 Å². The highest BCUT2D eigenvalue weighted by atomic mass is 16.6. The van der Waals surface area contributed by atoms with Gasteiger partial charge in [-0.15, -0.1) is 0 Å². The number of hydrogen-bond donors (Lipinski definition) is 1. The molecule has 2 rings (SSSR count). The van der Waals surface area contributed by atoms with E-state index in [4.69, 9.17) is 4.74 Å². The fourth-order valence-electron chi connectivity index (χ4n) is 3.06. The summed E-state index contributed by atoms with van der Waals surface area (Å²) in [6.45, 7) is 13.3. The molecule has 0 aromatic heterocycles. The Bertz CT molecular complexity index is 624. The minimum absolute atomic E-state index is 0.00277. The van der Waals surface area contributed by atoms with Crippen LogP contribution in [0, 0.1) is 13.8 Å². The Labute approximate surface area is 156 Å². The maximum absolute atomic E-state index is 12.4. The van der Waals surface area contributed by atoms with Gasteiger partial charge in [-0.1, -0.05) is 18.2 Å². The summed E-state index contributed by atoms with van der Waals surface area (Å²) in [5.41, 5.74) is 2.59. The lowest BCUT2D eigenvalue weighted by atomic mass is 10.1. The second kappa shape index (κ2) is 8.64. The number of rotatable bonds is 5. The maximum atomic E-state index is 12.4. The van der Waals surface area contributed by atoms with Gasteiger partial charge in [-0.3, -0.25) is 19.4 Å². The third-order valence-corrected chi connectivity index (χ3v) is 4.35. The number of hydrogen-bond acceptors (Lipinski definition) is 5. The van der Waals surface area contributed by atoms with E-state index in [1.807, 2.05) is 52.8 Å². The zero-order valence-electron chi connectivity index (χ0n) is 16.6. The van der Waals surface area contributed by atoms with E-state index in [-0.39, 0.29) is 11.9 Å². The lowest BCUT2D eigenvalue weighted by Gasteiger charge is -2.34. The van der Waals surface area contributed by atoms with E-state index in [0.717, 1.165) is 43.0 Å². The Morgan fingerprint density at radius 1 is 1.00 bits per heavy atom. The zero-order chi connectivity index (χ0) is 19.3. The number of anilines is 1. The average Bonchev–Trinajstić information content (AvgIpc) is 2.51. The molecule has 26 heavy (non-hydrogen) atoms. The van der Waals surface area contributed by atoms with E-state index < -0.39 is 5.60 Å². The van der Waals surface area contributed by atoms with Crippen molar-refractivity contribution in [2.45, 2.75) is 40.2 Å². The summed E-state index contributed by atoms with van der Waals surface area (Å²) in [7, 11) is 0. The number of benzene rings is 1. The molecule has 0 radical (unpaired) electrons. The predicted molar refractivity (Wildman–Crippen MR) is 103 cm³/mol. The number of nitrogens with one attached hydrogen (secondary N) is 1. The van der Waals surface area contributed by atoms with E-state index in [1.54, 1.807) is 0 Å². The quantitative estimate of drug-likeness (QED) is 0.815. The molecule has 0 aliphatic carbocycles. The molecule has 0 bridgehead atoms. The van der Waals surface area contributed by atoms with E-state index in [0.29, 0.717) is 13.1 Å². The summed E-state index contributed by atoms with van der Waals surface area (Å²) in [6, 6.07) is 5.99. The van der Waals surface area contributed by atoms with Gasteiger partial charge in [-0.25, -0.2) is 0 Å². The van der Waals surface area contributed by atoms with Crippen molar-refractivity contribution in [2.75, 3.05) is 44.6 Å². The molecule has 1 amide bonds. The minimum atomic E-state index is -0.454. The number of amides is 1. The zero-order valence-corrected chi connectivity index (χ0v) is 16.6. The van der Waals surface area contributed by atoms with Gasteiger partial charge in [-0.2, -0.15) is 0 Å². The molecule has 1 saturated heterocycles. The van der Waals surface area contributed by atoms with Crippen molar-refractivity contribution in [1.29, 1.82) is 0 Å². The highest BCUT2D eigenvalue weighted by molar-refractivity contribution is 5.93. The third-order valence-electron chi connectivity index (χ3n) is 4.35. The summed E-state index contributed by atoms with van der Waals surface area (Å²) in [4.78, 5) is 28.5. The van der Waals surface area contributed by atoms with Crippen LogP contribution in [0.2, 0.25) is 0 Å². The maximum Gasteiger partial charge on any atom is 0.320 e. The van der Waals surface area contributed by atoms with Gasteiger partial charge in [0.1, 0.15) is 5.60 Å². The molecule has 1 aliphatic rings. The largest absolute Gasteiger partial charge is 0.459 e. The summed E-state index contributed by atoms with van der Waals surface area (Å²) < 4.78 is 5.36. The molecule has 1 aromatic carbocycles. The molecular weight excluding hydrogens is 330 g/mol. The van der Waals surface area contributed by atoms with Crippen molar-refractivity contribution in [2.24, 2.45) is 0 Å². The molecule has 144 valence electrons. The smallest absolute Gasteiger partial charge is 0.320 e. The van der Waals surface area contributed by atoms with E-state index in [9.17, 15) is 9.59 Å². The number of carbonyl (C=O) groups excluding carboxylic acids is 2. The van der Waals surface area contributed by atoms with Crippen LogP contribution in [0.15, 0.2) is 18.2 Å². The van der Waals surface area contributed by atoms with Crippen molar-refractivity contribution in [3.8, 4) is 0 Å². The summed E-state index contributed by atoms with van der Waals surface area (Å²) in [5, 5.41) is 3.03. The van der Waals surface area contributed by atoms with Crippen LogP contribution >= 0.6 is 0 Å². The summed E-state index contributed by atoms with van der Waals surface area (Å²) in [6.07, 6.45) is 0. The number of para-hydroxylation sites is 1. The van der Waals surface area contributed by atoms with Crippen LogP contribution in [0.1, 0.15) is 31.9 Å². The molecule has 6 heteroatoms. The van der Waals surface area contributed by atoms with Crippen LogP contribution in [0.3, 0.4) is 0 Å². The van der Waals surface area contributed by atoms with Gasteiger partial charge < -0.3 is 10.1 Å². The monoisotopic (exact) mass is 361 g/mol. The van der Waals surface area contributed by atoms with Gasteiger partial charge in [0.15, 0.2) is 0 Å². The highest BCUT2D eigenvalue weighted by Gasteiger charge is 2.23.